The first-order valence-electron chi connectivity index (χ1n) is 5.71. The summed E-state index contributed by atoms with van der Waals surface area (Å²) in [6.07, 6.45) is 8.76. The number of alkyl halides is 1. The van der Waals surface area contributed by atoms with E-state index in [1.807, 2.05) is 23.1 Å². The van der Waals surface area contributed by atoms with Gasteiger partial charge < -0.3 is 5.32 Å². The van der Waals surface area contributed by atoms with Gasteiger partial charge in [-0.3, -0.25) is 4.68 Å². The molecule has 1 N–H and O–H groups in total. The zero-order valence-corrected chi connectivity index (χ0v) is 9.66. The third-order valence-corrected chi connectivity index (χ3v) is 3.51. The molecule has 1 aromatic heterocycles. The number of nitrogens with one attached hydrogen (secondary N) is 1. The van der Waals surface area contributed by atoms with Crippen molar-refractivity contribution < 1.29 is 0 Å². The highest BCUT2D eigenvalue weighted by molar-refractivity contribution is 6.21. The summed E-state index contributed by atoms with van der Waals surface area (Å²) in [7, 11) is 0. The molecule has 0 radical (unpaired) electrons. The molecule has 1 aromatic rings. The fraction of sp³-hybridized carbons (Fsp3) is 0.727. The van der Waals surface area contributed by atoms with Crippen LogP contribution in [-0.2, 0) is 6.54 Å². The van der Waals surface area contributed by atoms with E-state index >= 15 is 0 Å². The van der Waals surface area contributed by atoms with Crippen molar-refractivity contribution in [2.45, 2.75) is 43.6 Å². The van der Waals surface area contributed by atoms with Crippen LogP contribution in [0.1, 0.15) is 25.7 Å². The highest BCUT2D eigenvalue weighted by Gasteiger charge is 2.21. The fourth-order valence-corrected chi connectivity index (χ4v) is 2.48. The minimum Gasteiger partial charge on any atom is -0.311 e. The molecule has 2 rings (SSSR count). The van der Waals surface area contributed by atoms with E-state index in [0.717, 1.165) is 19.5 Å². The van der Waals surface area contributed by atoms with Crippen LogP contribution in [-0.4, -0.2) is 27.7 Å². The van der Waals surface area contributed by atoms with Crippen LogP contribution in [0.15, 0.2) is 18.5 Å². The van der Waals surface area contributed by atoms with Crippen molar-refractivity contribution in [2.24, 2.45) is 0 Å². The summed E-state index contributed by atoms with van der Waals surface area (Å²) in [4.78, 5) is 0. The van der Waals surface area contributed by atoms with Gasteiger partial charge >= 0.3 is 0 Å². The van der Waals surface area contributed by atoms with Gasteiger partial charge in [0.1, 0.15) is 0 Å². The fourth-order valence-electron chi connectivity index (χ4n) is 2.11. The van der Waals surface area contributed by atoms with Crippen molar-refractivity contribution in [1.29, 1.82) is 0 Å². The Morgan fingerprint density at radius 3 is 3.00 bits per heavy atom. The van der Waals surface area contributed by atoms with Gasteiger partial charge in [0.15, 0.2) is 0 Å². The maximum atomic E-state index is 6.26. The minimum atomic E-state index is 0.316. The molecule has 1 heterocycles. The molecule has 0 aliphatic heterocycles. The van der Waals surface area contributed by atoms with E-state index in [1.54, 1.807) is 0 Å². The van der Waals surface area contributed by atoms with E-state index in [0.29, 0.717) is 11.4 Å². The zero-order chi connectivity index (χ0) is 10.5. The van der Waals surface area contributed by atoms with Gasteiger partial charge in [-0.15, -0.1) is 11.6 Å². The summed E-state index contributed by atoms with van der Waals surface area (Å²) in [5, 5.41) is 7.99. The van der Waals surface area contributed by atoms with Crippen LogP contribution >= 0.6 is 11.6 Å². The first-order valence-corrected chi connectivity index (χ1v) is 6.15. The molecule has 1 aliphatic carbocycles. The van der Waals surface area contributed by atoms with Gasteiger partial charge in [-0.05, 0) is 18.9 Å². The SMILES string of the molecule is ClC1CCCCC1NCCn1cccn1. The lowest BCUT2D eigenvalue weighted by Crippen LogP contribution is -2.40. The second-order valence-corrected chi connectivity index (χ2v) is 4.69. The lowest BCUT2D eigenvalue weighted by Gasteiger charge is -2.27. The van der Waals surface area contributed by atoms with Crippen LogP contribution < -0.4 is 5.32 Å². The second-order valence-electron chi connectivity index (χ2n) is 4.13. The Hall–Kier alpha value is -0.540. The number of rotatable bonds is 4. The lowest BCUT2D eigenvalue weighted by atomic mass is 9.95. The molecule has 15 heavy (non-hydrogen) atoms. The Balaban J connectivity index is 1.68. The van der Waals surface area contributed by atoms with Crippen LogP contribution in [0.3, 0.4) is 0 Å². The number of hydrogen-bond donors (Lipinski definition) is 1. The first-order chi connectivity index (χ1) is 7.36. The van der Waals surface area contributed by atoms with Gasteiger partial charge in [0, 0.05) is 30.4 Å². The molecule has 3 nitrogen and oxygen atoms in total. The predicted molar refractivity (Wildman–Crippen MR) is 62.1 cm³/mol. The predicted octanol–water partition coefficient (Wildman–Crippen LogP) is 2.02. The van der Waals surface area contributed by atoms with Crippen LogP contribution in [0.4, 0.5) is 0 Å². The van der Waals surface area contributed by atoms with E-state index in [4.69, 9.17) is 11.6 Å². The first kappa shape index (κ1) is 11.0. The van der Waals surface area contributed by atoms with Crippen molar-refractivity contribution in [3.8, 4) is 0 Å². The highest BCUT2D eigenvalue weighted by atomic mass is 35.5. The summed E-state index contributed by atoms with van der Waals surface area (Å²) < 4.78 is 1.94. The summed E-state index contributed by atoms with van der Waals surface area (Å²) in [6.45, 7) is 1.88. The highest BCUT2D eigenvalue weighted by Crippen LogP contribution is 2.22. The average molecular weight is 228 g/mol. The van der Waals surface area contributed by atoms with E-state index in [2.05, 4.69) is 10.4 Å². The average Bonchev–Trinajstić information content (AvgIpc) is 2.74. The number of aromatic nitrogens is 2. The summed E-state index contributed by atoms with van der Waals surface area (Å²) in [6, 6.07) is 2.45. The second kappa shape index (κ2) is 5.52. The van der Waals surface area contributed by atoms with Crippen molar-refractivity contribution in [1.82, 2.24) is 15.1 Å². The van der Waals surface area contributed by atoms with Crippen molar-refractivity contribution >= 4 is 11.6 Å². The van der Waals surface area contributed by atoms with Crippen LogP contribution in [0.25, 0.3) is 0 Å². The van der Waals surface area contributed by atoms with E-state index in [9.17, 15) is 0 Å². The smallest absolute Gasteiger partial charge is 0.0534 e. The summed E-state index contributed by atoms with van der Waals surface area (Å²) in [5.74, 6) is 0. The molecule has 1 aliphatic rings. The van der Waals surface area contributed by atoms with Gasteiger partial charge in [0.2, 0.25) is 0 Å². The van der Waals surface area contributed by atoms with Gasteiger partial charge in [0.05, 0.1) is 6.54 Å². The summed E-state index contributed by atoms with van der Waals surface area (Å²) >= 11 is 6.26. The molecule has 2 atom stereocenters. The Morgan fingerprint density at radius 1 is 1.40 bits per heavy atom. The molecule has 1 fully saturated rings. The van der Waals surface area contributed by atoms with Gasteiger partial charge in [-0.25, -0.2) is 0 Å². The molecular formula is C11H18ClN3. The van der Waals surface area contributed by atoms with Crippen LogP contribution in [0, 0.1) is 0 Å². The van der Waals surface area contributed by atoms with Crippen molar-refractivity contribution in [3.05, 3.63) is 18.5 Å². The molecule has 0 spiro atoms. The largest absolute Gasteiger partial charge is 0.311 e. The monoisotopic (exact) mass is 227 g/mol. The summed E-state index contributed by atoms with van der Waals surface area (Å²) in [5.41, 5.74) is 0. The lowest BCUT2D eigenvalue weighted by molar-refractivity contribution is 0.370. The molecule has 84 valence electrons. The maximum Gasteiger partial charge on any atom is 0.0534 e. The molecule has 4 heteroatoms. The Kier molecular flexibility index (Phi) is 4.03. The van der Waals surface area contributed by atoms with Gasteiger partial charge in [-0.1, -0.05) is 12.8 Å². The molecule has 0 bridgehead atoms. The number of halogens is 1. The van der Waals surface area contributed by atoms with E-state index in [1.165, 1.54) is 19.3 Å². The third-order valence-electron chi connectivity index (χ3n) is 2.99. The quantitative estimate of drug-likeness (QED) is 0.798. The standard InChI is InChI=1S/C11H18ClN3/c12-10-4-1-2-5-11(10)13-7-9-15-8-3-6-14-15/h3,6,8,10-11,13H,1-2,4-5,7,9H2. The number of nitrogens with zero attached hydrogens (tertiary/aromatic N) is 2. The van der Waals surface area contributed by atoms with E-state index < -0.39 is 0 Å². The molecule has 0 aromatic carbocycles. The molecule has 0 saturated heterocycles. The third kappa shape index (κ3) is 3.21. The van der Waals surface area contributed by atoms with Crippen molar-refractivity contribution in [2.75, 3.05) is 6.54 Å². The molecule has 2 unspecified atom stereocenters. The van der Waals surface area contributed by atoms with E-state index in [-0.39, 0.29) is 0 Å². The van der Waals surface area contributed by atoms with Crippen molar-refractivity contribution in [3.63, 3.8) is 0 Å². The molecule has 0 amide bonds. The van der Waals surface area contributed by atoms with Gasteiger partial charge in [-0.2, -0.15) is 5.10 Å². The minimum absolute atomic E-state index is 0.316. The van der Waals surface area contributed by atoms with Crippen LogP contribution in [0.2, 0.25) is 0 Å². The Bertz CT molecular complexity index is 273. The van der Waals surface area contributed by atoms with Gasteiger partial charge in [0.25, 0.3) is 0 Å². The maximum absolute atomic E-state index is 6.26. The zero-order valence-electron chi connectivity index (χ0n) is 8.90. The molecular weight excluding hydrogens is 210 g/mol. The Labute approximate surface area is 95.8 Å². The topological polar surface area (TPSA) is 29.9 Å². The Morgan fingerprint density at radius 2 is 2.27 bits per heavy atom. The molecule has 1 saturated carbocycles. The van der Waals surface area contributed by atoms with Crippen LogP contribution in [0.5, 0.6) is 0 Å². The normalized spacial score (nSPS) is 26.7. The number of hydrogen-bond acceptors (Lipinski definition) is 2.